The second-order valence-electron chi connectivity index (χ2n) is 7.11. The molecule has 0 aromatic carbocycles. The van der Waals surface area contributed by atoms with Crippen LogP contribution in [-0.2, 0) is 11.3 Å². The highest BCUT2D eigenvalue weighted by Gasteiger charge is 2.22. The largest absolute Gasteiger partial charge is 0.444 e. The van der Waals surface area contributed by atoms with E-state index in [4.69, 9.17) is 4.74 Å². The van der Waals surface area contributed by atoms with Gasteiger partial charge in [0.25, 0.3) is 0 Å². The summed E-state index contributed by atoms with van der Waals surface area (Å²) < 4.78 is 6.16. The molecule has 2 heterocycles. The zero-order chi connectivity index (χ0) is 16.9. The quantitative estimate of drug-likeness (QED) is 0.807. The molecule has 1 amide bonds. The number of carbonyl (C=O) groups excluding carboxylic acids is 1. The molecule has 1 aliphatic rings. The van der Waals surface area contributed by atoms with E-state index >= 15 is 0 Å². The summed E-state index contributed by atoms with van der Waals surface area (Å²) in [7, 11) is 0. The van der Waals surface area contributed by atoms with Gasteiger partial charge < -0.3 is 10.1 Å². The minimum absolute atomic E-state index is 0.326. The van der Waals surface area contributed by atoms with Crippen molar-refractivity contribution in [2.24, 2.45) is 5.92 Å². The first kappa shape index (κ1) is 18.2. The van der Waals surface area contributed by atoms with Crippen LogP contribution in [0.5, 0.6) is 0 Å². The second-order valence-corrected chi connectivity index (χ2v) is 7.93. The fourth-order valence-electron chi connectivity index (χ4n) is 2.80. The van der Waals surface area contributed by atoms with Gasteiger partial charge in [0.2, 0.25) is 0 Å². The van der Waals surface area contributed by atoms with Crippen molar-refractivity contribution in [3.05, 3.63) is 28.5 Å². The van der Waals surface area contributed by atoms with Crippen LogP contribution >= 0.6 is 15.9 Å². The van der Waals surface area contributed by atoms with Gasteiger partial charge in [-0.25, -0.2) is 9.78 Å². The van der Waals surface area contributed by atoms with E-state index < -0.39 is 5.60 Å². The summed E-state index contributed by atoms with van der Waals surface area (Å²) in [4.78, 5) is 18.4. The van der Waals surface area contributed by atoms with Crippen LogP contribution in [0, 0.1) is 5.92 Å². The Kier molecular flexibility index (Phi) is 6.41. The molecule has 23 heavy (non-hydrogen) atoms. The number of hydrogen-bond acceptors (Lipinski definition) is 4. The number of nitrogens with zero attached hydrogens (tertiary/aromatic N) is 2. The number of pyridine rings is 1. The lowest BCUT2D eigenvalue weighted by Crippen LogP contribution is -2.41. The van der Waals surface area contributed by atoms with Gasteiger partial charge in [-0.15, -0.1) is 0 Å². The van der Waals surface area contributed by atoms with Crippen molar-refractivity contribution in [2.75, 3.05) is 19.6 Å². The van der Waals surface area contributed by atoms with Gasteiger partial charge in [0.15, 0.2) is 0 Å². The van der Waals surface area contributed by atoms with E-state index in [0.717, 1.165) is 37.1 Å². The van der Waals surface area contributed by atoms with Crippen molar-refractivity contribution in [1.29, 1.82) is 0 Å². The third-order valence-corrected chi connectivity index (χ3v) is 4.17. The molecule has 5 nitrogen and oxygen atoms in total. The van der Waals surface area contributed by atoms with Crippen LogP contribution in [0.1, 0.15) is 39.2 Å². The van der Waals surface area contributed by atoms with Crippen LogP contribution in [0.2, 0.25) is 0 Å². The molecule has 6 heteroatoms. The molecule has 0 aliphatic carbocycles. The molecular formula is C17H26BrN3O2. The molecule has 128 valence electrons. The lowest BCUT2D eigenvalue weighted by atomic mass is 9.97. The topological polar surface area (TPSA) is 54.5 Å². The molecule has 2 rings (SSSR count). The molecule has 0 saturated carbocycles. The Hall–Kier alpha value is -1.14. The van der Waals surface area contributed by atoms with Crippen molar-refractivity contribution in [3.63, 3.8) is 0 Å². The van der Waals surface area contributed by atoms with Crippen LogP contribution in [0.25, 0.3) is 0 Å². The highest BCUT2D eigenvalue weighted by atomic mass is 79.9. The minimum atomic E-state index is -0.447. The molecule has 1 N–H and O–H groups in total. The van der Waals surface area contributed by atoms with Gasteiger partial charge in [0, 0.05) is 25.8 Å². The van der Waals surface area contributed by atoms with E-state index in [2.05, 4.69) is 37.2 Å². The first-order valence-corrected chi connectivity index (χ1v) is 8.91. The lowest BCUT2D eigenvalue weighted by molar-refractivity contribution is 0.0506. The summed E-state index contributed by atoms with van der Waals surface area (Å²) in [6.07, 6.45) is 3.80. The van der Waals surface area contributed by atoms with E-state index in [1.54, 1.807) is 0 Å². The summed E-state index contributed by atoms with van der Waals surface area (Å²) in [6.45, 7) is 9.32. The Morgan fingerprint density at radius 3 is 3.00 bits per heavy atom. The number of amides is 1. The van der Waals surface area contributed by atoms with Gasteiger partial charge in [-0.05, 0) is 79.7 Å². The fraction of sp³-hybridized carbons (Fsp3) is 0.647. The highest BCUT2D eigenvalue weighted by Crippen LogP contribution is 2.19. The van der Waals surface area contributed by atoms with Crippen LogP contribution < -0.4 is 5.32 Å². The molecule has 1 fully saturated rings. The lowest BCUT2D eigenvalue weighted by Gasteiger charge is -2.33. The average Bonchev–Trinajstić information content (AvgIpc) is 2.44. The number of rotatable bonds is 4. The number of halogens is 1. The standard InChI is InChI=1S/C17H26BrN3O2/c1-17(2,3)23-16(22)20-10-14-5-4-8-21(12-14)11-13-6-7-19-15(18)9-13/h6-7,9,14H,4-5,8,10-12H2,1-3H3,(H,20,22)/t14-/m1/s1. The molecule has 0 spiro atoms. The molecule has 1 atom stereocenters. The zero-order valence-corrected chi connectivity index (χ0v) is 15.7. The van der Waals surface area contributed by atoms with E-state index in [9.17, 15) is 4.79 Å². The number of piperidine rings is 1. The van der Waals surface area contributed by atoms with Gasteiger partial charge in [-0.1, -0.05) is 0 Å². The highest BCUT2D eigenvalue weighted by molar-refractivity contribution is 9.10. The molecular weight excluding hydrogens is 358 g/mol. The van der Waals surface area contributed by atoms with Crippen molar-refractivity contribution < 1.29 is 9.53 Å². The smallest absolute Gasteiger partial charge is 0.407 e. The molecule has 1 aromatic heterocycles. The number of hydrogen-bond donors (Lipinski definition) is 1. The number of carbonyl (C=O) groups is 1. The summed E-state index contributed by atoms with van der Waals surface area (Å²) >= 11 is 3.41. The van der Waals surface area contributed by atoms with Crippen LogP contribution in [0.3, 0.4) is 0 Å². The maximum Gasteiger partial charge on any atom is 0.407 e. The third-order valence-electron chi connectivity index (χ3n) is 3.73. The van der Waals surface area contributed by atoms with Crippen molar-refractivity contribution in [3.8, 4) is 0 Å². The zero-order valence-electron chi connectivity index (χ0n) is 14.1. The van der Waals surface area contributed by atoms with Crippen molar-refractivity contribution in [2.45, 2.75) is 45.8 Å². The SMILES string of the molecule is CC(C)(C)OC(=O)NC[C@H]1CCCN(Cc2ccnc(Br)c2)C1. The second kappa shape index (κ2) is 8.11. The van der Waals surface area contributed by atoms with Crippen LogP contribution in [-0.4, -0.2) is 41.2 Å². The van der Waals surface area contributed by atoms with Gasteiger partial charge in [0.1, 0.15) is 10.2 Å². The number of aromatic nitrogens is 1. The summed E-state index contributed by atoms with van der Waals surface area (Å²) in [5, 5.41) is 2.90. The normalized spacial score (nSPS) is 19.4. The molecule has 1 aliphatic heterocycles. The van der Waals surface area contributed by atoms with Gasteiger partial charge >= 0.3 is 6.09 Å². The Morgan fingerprint density at radius 2 is 2.30 bits per heavy atom. The maximum absolute atomic E-state index is 11.8. The third kappa shape index (κ3) is 6.87. The first-order valence-electron chi connectivity index (χ1n) is 8.11. The summed E-state index contributed by atoms with van der Waals surface area (Å²) in [5.41, 5.74) is 0.810. The fourth-order valence-corrected chi connectivity index (χ4v) is 3.21. The Bertz CT molecular complexity index is 531. The maximum atomic E-state index is 11.8. The summed E-state index contributed by atoms with van der Waals surface area (Å²) in [6, 6.07) is 4.11. The Balaban J connectivity index is 1.78. The van der Waals surface area contributed by atoms with E-state index in [1.165, 1.54) is 5.56 Å². The molecule has 0 unspecified atom stereocenters. The Labute approximate surface area is 146 Å². The summed E-state index contributed by atoms with van der Waals surface area (Å²) in [5.74, 6) is 0.474. The van der Waals surface area contributed by atoms with E-state index in [1.807, 2.05) is 33.0 Å². The van der Waals surface area contributed by atoms with E-state index in [0.29, 0.717) is 12.5 Å². The number of ether oxygens (including phenoxy) is 1. The predicted molar refractivity (Wildman–Crippen MR) is 94.2 cm³/mol. The molecule has 1 aromatic rings. The number of alkyl carbamates (subject to hydrolysis) is 1. The molecule has 0 bridgehead atoms. The van der Waals surface area contributed by atoms with Crippen LogP contribution in [0.4, 0.5) is 4.79 Å². The van der Waals surface area contributed by atoms with Gasteiger partial charge in [-0.3, -0.25) is 4.90 Å². The van der Waals surface area contributed by atoms with Crippen LogP contribution in [0.15, 0.2) is 22.9 Å². The van der Waals surface area contributed by atoms with Gasteiger partial charge in [0.05, 0.1) is 0 Å². The van der Waals surface area contributed by atoms with E-state index in [-0.39, 0.29) is 6.09 Å². The molecule has 0 radical (unpaired) electrons. The molecule has 1 saturated heterocycles. The number of likely N-dealkylation sites (tertiary alicyclic amines) is 1. The minimum Gasteiger partial charge on any atom is -0.444 e. The van der Waals surface area contributed by atoms with Crippen molar-refractivity contribution in [1.82, 2.24) is 15.2 Å². The number of nitrogens with one attached hydrogen (secondary N) is 1. The van der Waals surface area contributed by atoms with Gasteiger partial charge in [-0.2, -0.15) is 0 Å². The predicted octanol–water partition coefficient (Wildman–Crippen LogP) is 3.58. The monoisotopic (exact) mass is 383 g/mol. The average molecular weight is 384 g/mol. The Morgan fingerprint density at radius 1 is 1.52 bits per heavy atom. The van der Waals surface area contributed by atoms with Crippen molar-refractivity contribution >= 4 is 22.0 Å². The first-order chi connectivity index (χ1) is 10.8.